The van der Waals surface area contributed by atoms with Crippen molar-refractivity contribution in [3.8, 4) is 0 Å². The lowest BCUT2D eigenvalue weighted by molar-refractivity contribution is 0.0937. The molecule has 1 aromatic carbocycles. The van der Waals surface area contributed by atoms with Crippen LogP contribution in [0, 0.1) is 5.92 Å². The zero-order chi connectivity index (χ0) is 17.1. The van der Waals surface area contributed by atoms with Crippen molar-refractivity contribution in [2.75, 3.05) is 12.4 Å². The van der Waals surface area contributed by atoms with Gasteiger partial charge in [0.15, 0.2) is 5.16 Å². The van der Waals surface area contributed by atoms with E-state index >= 15 is 0 Å². The van der Waals surface area contributed by atoms with Gasteiger partial charge in [0.05, 0.1) is 23.6 Å². The second-order valence-electron chi connectivity index (χ2n) is 7.28. The molecule has 0 radical (unpaired) electrons. The van der Waals surface area contributed by atoms with E-state index in [4.69, 9.17) is 9.72 Å². The van der Waals surface area contributed by atoms with Gasteiger partial charge in [-0.15, -0.1) is 0 Å². The number of fused-ring (bicyclic) bond motifs is 1. The van der Waals surface area contributed by atoms with Crippen molar-refractivity contribution in [3.05, 3.63) is 34.6 Å². The molecule has 1 aromatic heterocycles. The predicted molar refractivity (Wildman–Crippen MR) is 102 cm³/mol. The number of nitrogens with zero attached hydrogens (tertiary/aromatic N) is 2. The largest absolute Gasteiger partial charge is 0.376 e. The lowest BCUT2D eigenvalue weighted by atomic mass is 9.91. The molecule has 25 heavy (non-hydrogen) atoms. The van der Waals surface area contributed by atoms with Gasteiger partial charge >= 0.3 is 0 Å². The third-order valence-electron chi connectivity index (χ3n) is 5.41. The van der Waals surface area contributed by atoms with Gasteiger partial charge in [0.2, 0.25) is 0 Å². The lowest BCUT2D eigenvalue weighted by Crippen LogP contribution is -2.29. The van der Waals surface area contributed by atoms with Gasteiger partial charge in [0.1, 0.15) is 0 Å². The molecule has 1 saturated heterocycles. The highest BCUT2D eigenvalue weighted by atomic mass is 32.2. The van der Waals surface area contributed by atoms with Gasteiger partial charge in [-0.05, 0) is 43.7 Å². The minimum Gasteiger partial charge on any atom is -0.376 e. The zero-order valence-corrected chi connectivity index (χ0v) is 15.5. The Kier molecular flexibility index (Phi) is 5.42. The van der Waals surface area contributed by atoms with Crippen molar-refractivity contribution in [1.29, 1.82) is 0 Å². The normalized spacial score (nSPS) is 21.8. The van der Waals surface area contributed by atoms with Gasteiger partial charge in [0.25, 0.3) is 5.56 Å². The van der Waals surface area contributed by atoms with Crippen LogP contribution in [0.4, 0.5) is 0 Å². The Bertz CT molecular complexity index is 777. The highest BCUT2D eigenvalue weighted by molar-refractivity contribution is 7.99. The average Bonchev–Trinajstić information content (AvgIpc) is 3.17. The molecule has 4 rings (SSSR count). The van der Waals surface area contributed by atoms with E-state index in [0.717, 1.165) is 41.8 Å². The maximum absolute atomic E-state index is 13.0. The number of aromatic nitrogens is 2. The maximum Gasteiger partial charge on any atom is 0.262 e. The van der Waals surface area contributed by atoms with Crippen molar-refractivity contribution in [2.45, 2.75) is 62.8 Å². The first kappa shape index (κ1) is 17.1. The van der Waals surface area contributed by atoms with Gasteiger partial charge in [0, 0.05) is 12.4 Å². The molecule has 4 nitrogen and oxygen atoms in total. The van der Waals surface area contributed by atoms with Crippen LogP contribution in [-0.2, 0) is 11.3 Å². The smallest absolute Gasteiger partial charge is 0.262 e. The fraction of sp³-hybridized carbons (Fsp3) is 0.600. The van der Waals surface area contributed by atoms with Crippen LogP contribution in [0.2, 0.25) is 0 Å². The Hall–Kier alpha value is -1.33. The first-order valence-electron chi connectivity index (χ1n) is 9.55. The third kappa shape index (κ3) is 3.93. The molecule has 0 amide bonds. The van der Waals surface area contributed by atoms with Gasteiger partial charge < -0.3 is 4.74 Å². The summed E-state index contributed by atoms with van der Waals surface area (Å²) >= 11 is 1.76. The average molecular weight is 359 g/mol. The topological polar surface area (TPSA) is 44.1 Å². The maximum atomic E-state index is 13.0. The molecule has 0 unspecified atom stereocenters. The van der Waals surface area contributed by atoms with Crippen molar-refractivity contribution in [3.63, 3.8) is 0 Å². The van der Waals surface area contributed by atoms with E-state index in [1.54, 1.807) is 11.8 Å². The molecule has 1 aliphatic carbocycles. The molecule has 5 heteroatoms. The summed E-state index contributed by atoms with van der Waals surface area (Å²) in [6.07, 6.45) is 8.97. The highest BCUT2D eigenvalue weighted by Crippen LogP contribution is 2.30. The summed E-state index contributed by atoms with van der Waals surface area (Å²) in [6, 6.07) is 7.69. The Morgan fingerprint density at radius 1 is 1.12 bits per heavy atom. The van der Waals surface area contributed by atoms with Crippen LogP contribution < -0.4 is 5.56 Å². The summed E-state index contributed by atoms with van der Waals surface area (Å²) in [5, 5.41) is 1.58. The number of hydrogen-bond donors (Lipinski definition) is 0. The van der Waals surface area contributed by atoms with E-state index in [0.29, 0.717) is 11.9 Å². The van der Waals surface area contributed by atoms with Crippen molar-refractivity contribution < 1.29 is 4.74 Å². The predicted octanol–water partition coefficient (Wildman–Crippen LogP) is 4.25. The number of ether oxygens (including phenoxy) is 1. The Balaban J connectivity index is 1.63. The Morgan fingerprint density at radius 3 is 2.76 bits per heavy atom. The Morgan fingerprint density at radius 2 is 1.96 bits per heavy atom. The van der Waals surface area contributed by atoms with Gasteiger partial charge in [-0.25, -0.2) is 4.98 Å². The molecule has 0 N–H and O–H groups in total. The van der Waals surface area contributed by atoms with E-state index < -0.39 is 0 Å². The molecule has 1 saturated carbocycles. The summed E-state index contributed by atoms with van der Waals surface area (Å²) in [5.41, 5.74) is 0.884. The molecular formula is C20H26N2O2S. The van der Waals surface area contributed by atoms with Crippen LogP contribution in [0.1, 0.15) is 44.9 Å². The summed E-state index contributed by atoms with van der Waals surface area (Å²) in [6.45, 7) is 1.44. The molecule has 1 aliphatic heterocycles. The zero-order valence-electron chi connectivity index (χ0n) is 14.7. The van der Waals surface area contributed by atoms with Gasteiger partial charge in [-0.2, -0.15) is 0 Å². The standard InChI is InChI=1S/C20H26N2O2S/c23-19-17-10-4-5-11-18(17)21-20(22(19)13-16-9-6-12-24-16)25-14-15-7-2-1-3-8-15/h4-5,10-11,15-16H,1-3,6-9,12-14H2/t16-/m0/s1. The second kappa shape index (κ2) is 7.92. The Labute approximate surface area is 153 Å². The number of para-hydroxylation sites is 1. The number of benzene rings is 1. The van der Waals surface area contributed by atoms with E-state index in [1.807, 2.05) is 28.8 Å². The highest BCUT2D eigenvalue weighted by Gasteiger charge is 2.21. The minimum atomic E-state index is 0.0762. The molecule has 2 fully saturated rings. The summed E-state index contributed by atoms with van der Waals surface area (Å²) < 4.78 is 7.64. The molecule has 1 atom stereocenters. The van der Waals surface area contributed by atoms with E-state index in [2.05, 4.69) is 0 Å². The van der Waals surface area contributed by atoms with Crippen molar-refractivity contribution in [2.24, 2.45) is 5.92 Å². The van der Waals surface area contributed by atoms with Crippen LogP contribution in [0.15, 0.2) is 34.2 Å². The quantitative estimate of drug-likeness (QED) is 0.592. The molecule has 2 aliphatic rings. The first-order valence-corrected chi connectivity index (χ1v) is 10.5. The number of hydrogen-bond acceptors (Lipinski definition) is 4. The van der Waals surface area contributed by atoms with E-state index in [-0.39, 0.29) is 11.7 Å². The van der Waals surface area contributed by atoms with Crippen LogP contribution in [0.5, 0.6) is 0 Å². The SMILES string of the molecule is O=c1c2ccccc2nc(SCC2CCCCC2)n1C[C@@H]1CCCO1. The summed E-state index contributed by atoms with van der Waals surface area (Å²) in [7, 11) is 0. The molecule has 0 bridgehead atoms. The molecule has 2 heterocycles. The minimum absolute atomic E-state index is 0.0762. The van der Waals surface area contributed by atoms with Crippen molar-refractivity contribution in [1.82, 2.24) is 9.55 Å². The van der Waals surface area contributed by atoms with Crippen LogP contribution >= 0.6 is 11.8 Å². The molecule has 0 spiro atoms. The molecule has 134 valence electrons. The third-order valence-corrected chi connectivity index (χ3v) is 6.62. The fourth-order valence-electron chi connectivity index (χ4n) is 3.96. The van der Waals surface area contributed by atoms with Crippen molar-refractivity contribution >= 4 is 22.7 Å². The van der Waals surface area contributed by atoms with E-state index in [1.165, 1.54) is 32.1 Å². The lowest BCUT2D eigenvalue weighted by Gasteiger charge is -2.22. The van der Waals surface area contributed by atoms with Gasteiger partial charge in [-0.1, -0.05) is 43.2 Å². The van der Waals surface area contributed by atoms with E-state index in [9.17, 15) is 4.79 Å². The summed E-state index contributed by atoms with van der Waals surface area (Å²) in [4.78, 5) is 17.9. The number of rotatable bonds is 5. The fourth-order valence-corrected chi connectivity index (χ4v) is 5.15. The van der Waals surface area contributed by atoms with Crippen LogP contribution in [-0.4, -0.2) is 28.0 Å². The van der Waals surface area contributed by atoms with Crippen LogP contribution in [0.25, 0.3) is 10.9 Å². The van der Waals surface area contributed by atoms with Gasteiger partial charge in [-0.3, -0.25) is 9.36 Å². The van der Waals surface area contributed by atoms with Crippen LogP contribution in [0.3, 0.4) is 0 Å². The summed E-state index contributed by atoms with van der Waals surface area (Å²) in [5.74, 6) is 1.83. The first-order chi connectivity index (χ1) is 12.3. The monoisotopic (exact) mass is 358 g/mol. The molecular weight excluding hydrogens is 332 g/mol. The second-order valence-corrected chi connectivity index (χ2v) is 8.26. The molecule has 2 aromatic rings. The number of thioether (sulfide) groups is 1.